The lowest BCUT2D eigenvalue weighted by molar-refractivity contribution is 0.104. The monoisotopic (exact) mass is 420 g/mol. The van der Waals surface area contributed by atoms with Crippen LogP contribution in [0.4, 0.5) is 4.39 Å². The Labute approximate surface area is 164 Å². The molecule has 1 heterocycles. The van der Waals surface area contributed by atoms with Crippen molar-refractivity contribution in [1.82, 2.24) is 0 Å². The summed E-state index contributed by atoms with van der Waals surface area (Å²) in [4.78, 5) is 12.8. The van der Waals surface area contributed by atoms with Gasteiger partial charge in [-0.15, -0.1) is 0 Å². The summed E-state index contributed by atoms with van der Waals surface area (Å²) in [6.07, 6.45) is 3.13. The number of halogens is 2. The van der Waals surface area contributed by atoms with Crippen LogP contribution in [0.15, 0.2) is 87.8 Å². The van der Waals surface area contributed by atoms with E-state index in [4.69, 9.17) is 4.42 Å². The first-order valence-electron chi connectivity index (χ1n) is 8.37. The standard InChI is InChI=1S/C23H14BrFO2/c24-18-12-17-13-22(16-4-2-1-3-5-16)27-23(17)20(14-18)21(26)11-8-15-6-9-19(25)10-7-15/h1-14H/b11-8+. The molecule has 0 saturated carbocycles. The van der Waals surface area contributed by atoms with Crippen LogP contribution in [-0.4, -0.2) is 5.78 Å². The molecular formula is C23H14BrFO2. The molecular weight excluding hydrogens is 407 g/mol. The molecule has 132 valence electrons. The average Bonchev–Trinajstić information content (AvgIpc) is 3.11. The topological polar surface area (TPSA) is 30.2 Å². The number of benzene rings is 3. The molecule has 0 unspecified atom stereocenters. The second-order valence-corrected chi connectivity index (χ2v) is 7.01. The fourth-order valence-electron chi connectivity index (χ4n) is 2.88. The minimum absolute atomic E-state index is 0.181. The molecule has 4 rings (SSSR count). The van der Waals surface area contributed by atoms with E-state index in [0.29, 0.717) is 16.9 Å². The van der Waals surface area contributed by atoms with E-state index < -0.39 is 0 Å². The summed E-state index contributed by atoms with van der Waals surface area (Å²) in [5, 5.41) is 0.849. The van der Waals surface area contributed by atoms with Crippen LogP contribution in [0.5, 0.6) is 0 Å². The number of hydrogen-bond acceptors (Lipinski definition) is 2. The molecule has 0 bridgehead atoms. The summed E-state index contributed by atoms with van der Waals surface area (Å²) >= 11 is 3.46. The number of ketones is 1. The molecule has 0 aliphatic rings. The number of carbonyl (C=O) groups is 1. The molecule has 4 aromatic rings. The van der Waals surface area contributed by atoms with E-state index in [0.717, 1.165) is 21.0 Å². The minimum atomic E-state index is -0.309. The Morgan fingerprint density at radius 1 is 0.963 bits per heavy atom. The van der Waals surface area contributed by atoms with E-state index >= 15 is 0 Å². The normalized spacial score (nSPS) is 11.3. The molecule has 2 nitrogen and oxygen atoms in total. The number of hydrogen-bond donors (Lipinski definition) is 0. The highest BCUT2D eigenvalue weighted by molar-refractivity contribution is 9.10. The molecule has 0 radical (unpaired) electrons. The van der Waals surface area contributed by atoms with Crippen LogP contribution in [0.25, 0.3) is 28.4 Å². The van der Waals surface area contributed by atoms with Crippen molar-refractivity contribution < 1.29 is 13.6 Å². The van der Waals surface area contributed by atoms with E-state index in [9.17, 15) is 9.18 Å². The number of fused-ring (bicyclic) bond motifs is 1. The van der Waals surface area contributed by atoms with Crippen molar-refractivity contribution in [3.63, 3.8) is 0 Å². The van der Waals surface area contributed by atoms with Gasteiger partial charge >= 0.3 is 0 Å². The Morgan fingerprint density at radius 3 is 2.44 bits per heavy atom. The van der Waals surface area contributed by atoms with Crippen molar-refractivity contribution in [3.8, 4) is 11.3 Å². The van der Waals surface area contributed by atoms with Gasteiger partial charge in [-0.3, -0.25) is 4.79 Å². The summed E-state index contributed by atoms with van der Waals surface area (Å²) in [6, 6.07) is 21.3. The van der Waals surface area contributed by atoms with Gasteiger partial charge in [0, 0.05) is 15.4 Å². The molecule has 0 fully saturated rings. The lowest BCUT2D eigenvalue weighted by Gasteiger charge is -2.00. The maximum atomic E-state index is 13.0. The van der Waals surface area contributed by atoms with Gasteiger partial charge in [0.1, 0.15) is 17.2 Å². The van der Waals surface area contributed by atoms with E-state index in [1.165, 1.54) is 18.2 Å². The molecule has 0 spiro atoms. The van der Waals surface area contributed by atoms with Gasteiger partial charge in [0.05, 0.1) is 5.56 Å². The zero-order valence-electron chi connectivity index (χ0n) is 14.2. The van der Waals surface area contributed by atoms with Gasteiger partial charge in [0.25, 0.3) is 0 Å². The molecule has 27 heavy (non-hydrogen) atoms. The second kappa shape index (κ2) is 7.33. The van der Waals surface area contributed by atoms with Gasteiger partial charge in [0.2, 0.25) is 0 Å². The molecule has 0 aliphatic carbocycles. The molecule has 0 N–H and O–H groups in total. The Hall–Kier alpha value is -2.98. The number of carbonyl (C=O) groups excluding carboxylic acids is 1. The number of allylic oxidation sites excluding steroid dienone is 1. The molecule has 3 aromatic carbocycles. The van der Waals surface area contributed by atoms with Crippen LogP contribution in [0.1, 0.15) is 15.9 Å². The lowest BCUT2D eigenvalue weighted by Crippen LogP contribution is -1.95. The zero-order chi connectivity index (χ0) is 18.8. The van der Waals surface area contributed by atoms with Crippen LogP contribution < -0.4 is 0 Å². The van der Waals surface area contributed by atoms with Crippen molar-refractivity contribution in [2.45, 2.75) is 0 Å². The fourth-order valence-corrected chi connectivity index (χ4v) is 3.36. The predicted octanol–water partition coefficient (Wildman–Crippen LogP) is 6.90. The van der Waals surface area contributed by atoms with Gasteiger partial charge in [-0.05, 0) is 42.0 Å². The van der Waals surface area contributed by atoms with Crippen molar-refractivity contribution in [1.29, 1.82) is 0 Å². The summed E-state index contributed by atoms with van der Waals surface area (Å²) in [5.41, 5.74) is 2.72. The molecule has 1 aromatic heterocycles. The third kappa shape index (κ3) is 3.76. The van der Waals surface area contributed by atoms with Crippen LogP contribution >= 0.6 is 15.9 Å². The maximum absolute atomic E-state index is 13.0. The lowest BCUT2D eigenvalue weighted by atomic mass is 10.1. The van der Waals surface area contributed by atoms with Crippen molar-refractivity contribution >= 4 is 38.8 Å². The molecule has 0 saturated heterocycles. The van der Waals surface area contributed by atoms with Crippen LogP contribution in [0.3, 0.4) is 0 Å². The van der Waals surface area contributed by atoms with Crippen LogP contribution in [0, 0.1) is 5.82 Å². The highest BCUT2D eigenvalue weighted by atomic mass is 79.9. The second-order valence-electron chi connectivity index (χ2n) is 6.10. The zero-order valence-corrected chi connectivity index (χ0v) is 15.7. The summed E-state index contributed by atoms with van der Waals surface area (Å²) in [7, 11) is 0. The van der Waals surface area contributed by atoms with Crippen LogP contribution in [0.2, 0.25) is 0 Å². The summed E-state index contributed by atoms with van der Waals surface area (Å²) in [5.74, 6) is 0.219. The van der Waals surface area contributed by atoms with Gasteiger partial charge in [-0.25, -0.2) is 4.39 Å². The van der Waals surface area contributed by atoms with E-state index in [2.05, 4.69) is 15.9 Å². The SMILES string of the molecule is O=C(/C=C/c1ccc(F)cc1)c1cc(Br)cc2cc(-c3ccccc3)oc12. The maximum Gasteiger partial charge on any atom is 0.189 e. The average molecular weight is 421 g/mol. The third-order valence-electron chi connectivity index (χ3n) is 4.20. The minimum Gasteiger partial charge on any atom is -0.455 e. The Morgan fingerprint density at radius 2 is 1.70 bits per heavy atom. The van der Waals surface area contributed by atoms with Crippen molar-refractivity contribution in [2.24, 2.45) is 0 Å². The van der Waals surface area contributed by atoms with Gasteiger partial charge in [0.15, 0.2) is 5.78 Å². The fraction of sp³-hybridized carbons (Fsp3) is 0. The number of furan rings is 1. The summed E-state index contributed by atoms with van der Waals surface area (Å²) < 4.78 is 19.8. The van der Waals surface area contributed by atoms with E-state index in [-0.39, 0.29) is 11.6 Å². The molecule has 4 heteroatoms. The molecule has 0 amide bonds. The Balaban J connectivity index is 1.73. The molecule has 0 aliphatic heterocycles. The van der Waals surface area contributed by atoms with Crippen molar-refractivity contribution in [3.05, 3.63) is 100 Å². The third-order valence-corrected chi connectivity index (χ3v) is 4.66. The largest absolute Gasteiger partial charge is 0.455 e. The Bertz CT molecular complexity index is 1140. The highest BCUT2D eigenvalue weighted by Crippen LogP contribution is 2.32. The predicted molar refractivity (Wildman–Crippen MR) is 109 cm³/mol. The van der Waals surface area contributed by atoms with Gasteiger partial charge in [-0.1, -0.05) is 64.5 Å². The van der Waals surface area contributed by atoms with Crippen LogP contribution in [-0.2, 0) is 0 Å². The van der Waals surface area contributed by atoms with Crippen molar-refractivity contribution in [2.75, 3.05) is 0 Å². The van der Waals surface area contributed by atoms with Gasteiger partial charge < -0.3 is 4.42 Å². The smallest absolute Gasteiger partial charge is 0.189 e. The van der Waals surface area contributed by atoms with E-state index in [1.54, 1.807) is 24.3 Å². The number of rotatable bonds is 4. The van der Waals surface area contributed by atoms with Gasteiger partial charge in [-0.2, -0.15) is 0 Å². The highest BCUT2D eigenvalue weighted by Gasteiger charge is 2.15. The molecule has 0 atom stereocenters. The first-order chi connectivity index (χ1) is 13.1. The quantitative estimate of drug-likeness (QED) is 0.265. The first-order valence-corrected chi connectivity index (χ1v) is 9.16. The first kappa shape index (κ1) is 17.4. The van der Waals surface area contributed by atoms with E-state index in [1.807, 2.05) is 42.5 Å². The Kier molecular flexibility index (Phi) is 4.73. The summed E-state index contributed by atoms with van der Waals surface area (Å²) in [6.45, 7) is 0.